The molecule has 0 unspecified atom stereocenters. The summed E-state index contributed by atoms with van der Waals surface area (Å²) in [4.78, 5) is 28.3. The van der Waals surface area contributed by atoms with E-state index in [4.69, 9.17) is 28.1 Å². The fourth-order valence-corrected chi connectivity index (χ4v) is 10.7. The summed E-state index contributed by atoms with van der Waals surface area (Å²) in [5.41, 5.74) is -0.797. The van der Waals surface area contributed by atoms with Gasteiger partial charge in [-0.05, 0) is 50.0 Å². The van der Waals surface area contributed by atoms with E-state index in [0.717, 1.165) is 15.3 Å². The zero-order valence-electron chi connectivity index (χ0n) is 27.1. The second-order valence-corrected chi connectivity index (χ2v) is 17.9. The molecule has 2 fully saturated rings. The smallest absolute Gasteiger partial charge is 0.417 e. The maximum absolute atomic E-state index is 13.8. The number of hydrogen-bond donors (Lipinski definition) is 0. The lowest BCUT2D eigenvalue weighted by molar-refractivity contribution is -0.449. The SMILES string of the molecule is CO[C@@]1(C)O[C@@H]2[C@@H](CO[Si](c3ccccc3)(c3ccccc3)C(C)(C)C)CN(C(=O)OC(C)(C)C)C(=O)[C@H]2O[C@]1(C)OC. The van der Waals surface area contributed by atoms with Crippen LogP contribution in [0.1, 0.15) is 55.4 Å². The monoisotopic (exact) mass is 613 g/mol. The first kappa shape index (κ1) is 33.3. The highest BCUT2D eigenvalue weighted by Crippen LogP contribution is 2.44. The van der Waals surface area contributed by atoms with Crippen LogP contribution >= 0.6 is 0 Å². The van der Waals surface area contributed by atoms with Crippen molar-refractivity contribution in [1.29, 1.82) is 0 Å². The number of hydrogen-bond acceptors (Lipinski definition) is 8. The molecular formula is C33H47NO8Si. The number of nitrogens with zero attached hydrogens (tertiary/aromatic N) is 1. The molecule has 2 saturated heterocycles. The van der Waals surface area contributed by atoms with Gasteiger partial charge in [-0.1, -0.05) is 81.4 Å². The van der Waals surface area contributed by atoms with Crippen LogP contribution in [0.15, 0.2) is 60.7 Å². The van der Waals surface area contributed by atoms with E-state index < -0.39 is 55.6 Å². The Bertz CT molecular complexity index is 1240. The highest BCUT2D eigenvalue weighted by atomic mass is 28.4. The van der Waals surface area contributed by atoms with Gasteiger partial charge in [0.2, 0.25) is 11.6 Å². The number of benzene rings is 2. The van der Waals surface area contributed by atoms with Crippen molar-refractivity contribution in [2.24, 2.45) is 5.92 Å². The van der Waals surface area contributed by atoms with Gasteiger partial charge in [0.05, 0.1) is 0 Å². The number of imide groups is 1. The summed E-state index contributed by atoms with van der Waals surface area (Å²) in [5, 5.41) is 1.97. The van der Waals surface area contributed by atoms with Crippen LogP contribution in [-0.2, 0) is 32.9 Å². The van der Waals surface area contributed by atoms with Crippen LogP contribution in [-0.4, -0.2) is 82.0 Å². The van der Waals surface area contributed by atoms with Crippen LogP contribution in [0.4, 0.5) is 4.79 Å². The van der Waals surface area contributed by atoms with Gasteiger partial charge in [-0.2, -0.15) is 0 Å². The summed E-state index contributed by atoms with van der Waals surface area (Å²) in [6.45, 7) is 15.5. The van der Waals surface area contributed by atoms with Gasteiger partial charge in [0.15, 0.2) is 6.10 Å². The summed E-state index contributed by atoms with van der Waals surface area (Å²) in [6.07, 6.45) is -2.67. The molecule has 236 valence electrons. The average molecular weight is 614 g/mol. The standard InChI is InChI=1S/C33H47NO8Si/c1-30(2,3)42-29(36)34-21-23(26-27(28(34)35)41-33(8,38-10)32(7,37-9)40-26)22-39-43(31(4,5)6,24-17-13-11-14-18-24)25-19-15-12-16-20-25/h11-20,23,26-27H,21-22H2,1-10H3/t23-,26-,27+,32+,33+/m1/s1. The molecule has 0 aromatic heterocycles. The third kappa shape index (κ3) is 6.18. The summed E-state index contributed by atoms with van der Waals surface area (Å²) >= 11 is 0. The Morgan fingerprint density at radius 1 is 0.884 bits per heavy atom. The van der Waals surface area contributed by atoms with Crippen molar-refractivity contribution in [2.45, 2.75) is 89.8 Å². The molecule has 9 nitrogen and oxygen atoms in total. The highest BCUT2D eigenvalue weighted by molar-refractivity contribution is 6.99. The first-order valence-electron chi connectivity index (χ1n) is 14.8. The van der Waals surface area contributed by atoms with Crippen LogP contribution in [0.3, 0.4) is 0 Å². The zero-order chi connectivity index (χ0) is 31.8. The van der Waals surface area contributed by atoms with Crippen LogP contribution in [0.25, 0.3) is 0 Å². The minimum Gasteiger partial charge on any atom is -0.443 e. The van der Waals surface area contributed by atoms with Crippen molar-refractivity contribution >= 4 is 30.7 Å². The molecule has 0 saturated carbocycles. The topological polar surface area (TPSA) is 92.8 Å². The van der Waals surface area contributed by atoms with E-state index in [1.165, 1.54) is 14.2 Å². The van der Waals surface area contributed by atoms with E-state index in [1.807, 2.05) is 36.4 Å². The predicted molar refractivity (Wildman–Crippen MR) is 166 cm³/mol. The Labute approximate surface area is 256 Å². The summed E-state index contributed by atoms with van der Waals surface area (Å²) in [5.74, 6) is -3.79. The van der Waals surface area contributed by atoms with E-state index >= 15 is 0 Å². The largest absolute Gasteiger partial charge is 0.443 e. The molecule has 5 atom stereocenters. The summed E-state index contributed by atoms with van der Waals surface area (Å²) in [6, 6.07) is 20.6. The van der Waals surface area contributed by atoms with Crippen LogP contribution < -0.4 is 10.4 Å². The molecule has 43 heavy (non-hydrogen) atoms. The lowest BCUT2D eigenvalue weighted by atomic mass is 9.89. The fraction of sp³-hybridized carbons (Fsp3) is 0.576. The number of piperidine rings is 1. The van der Waals surface area contributed by atoms with E-state index in [9.17, 15) is 9.59 Å². The Kier molecular flexibility index (Phi) is 9.34. The lowest BCUT2D eigenvalue weighted by Gasteiger charge is -2.55. The third-order valence-electron chi connectivity index (χ3n) is 8.55. The number of carbonyl (C=O) groups excluding carboxylic acids is 2. The molecular weight excluding hydrogens is 566 g/mol. The minimum absolute atomic E-state index is 0.0277. The molecule has 2 aromatic rings. The maximum atomic E-state index is 13.8. The van der Waals surface area contributed by atoms with Gasteiger partial charge in [-0.25, -0.2) is 9.69 Å². The molecule has 4 rings (SSSR count). The highest BCUT2D eigenvalue weighted by Gasteiger charge is 2.63. The van der Waals surface area contributed by atoms with Crippen LogP contribution in [0.2, 0.25) is 5.04 Å². The molecule has 2 aromatic carbocycles. The number of carbonyl (C=O) groups is 2. The van der Waals surface area contributed by atoms with Gasteiger partial charge in [-0.3, -0.25) is 4.79 Å². The number of rotatable bonds is 7. The second kappa shape index (κ2) is 12.1. The molecule has 0 bridgehead atoms. The van der Waals surface area contributed by atoms with Gasteiger partial charge in [0.1, 0.15) is 11.7 Å². The Balaban J connectivity index is 1.79. The molecule has 2 amide bonds. The Morgan fingerprint density at radius 3 is 1.81 bits per heavy atom. The number of ether oxygens (including phenoxy) is 5. The molecule has 0 spiro atoms. The average Bonchev–Trinajstić information content (AvgIpc) is 2.95. The second-order valence-electron chi connectivity index (χ2n) is 13.6. The fourth-order valence-electron chi connectivity index (χ4n) is 6.05. The van der Waals surface area contributed by atoms with Crippen molar-refractivity contribution in [3.8, 4) is 0 Å². The van der Waals surface area contributed by atoms with Gasteiger partial charge in [0.25, 0.3) is 14.2 Å². The predicted octanol–water partition coefficient (Wildman–Crippen LogP) is 4.47. The molecule has 2 aliphatic rings. The van der Waals surface area contributed by atoms with Crippen molar-refractivity contribution in [2.75, 3.05) is 27.4 Å². The molecule has 2 aliphatic heterocycles. The summed E-state index contributed by atoms with van der Waals surface area (Å²) in [7, 11) is 0.0228. The molecule has 0 N–H and O–H groups in total. The van der Waals surface area contributed by atoms with Gasteiger partial charge >= 0.3 is 6.09 Å². The van der Waals surface area contributed by atoms with Gasteiger partial charge in [-0.15, -0.1) is 0 Å². The molecule has 10 heteroatoms. The van der Waals surface area contributed by atoms with Crippen LogP contribution in [0, 0.1) is 5.92 Å². The van der Waals surface area contributed by atoms with E-state index in [-0.39, 0.29) is 18.2 Å². The lowest BCUT2D eigenvalue weighted by Crippen LogP contribution is -2.73. The maximum Gasteiger partial charge on any atom is 0.417 e. The number of fused-ring (bicyclic) bond motifs is 1. The quantitative estimate of drug-likeness (QED) is 0.423. The van der Waals surface area contributed by atoms with E-state index in [2.05, 4.69) is 45.0 Å². The van der Waals surface area contributed by atoms with Crippen molar-refractivity contribution in [3.05, 3.63) is 60.7 Å². The number of amides is 2. The molecule has 0 radical (unpaired) electrons. The first-order chi connectivity index (χ1) is 20.0. The van der Waals surface area contributed by atoms with Crippen molar-refractivity contribution < 1.29 is 37.7 Å². The molecule has 2 heterocycles. The Morgan fingerprint density at radius 2 is 1.37 bits per heavy atom. The van der Waals surface area contributed by atoms with Crippen molar-refractivity contribution in [1.82, 2.24) is 4.90 Å². The third-order valence-corrected chi connectivity index (χ3v) is 13.6. The number of methoxy groups -OCH3 is 2. The minimum atomic E-state index is -2.95. The van der Waals surface area contributed by atoms with E-state index in [1.54, 1.807) is 34.6 Å². The van der Waals surface area contributed by atoms with Crippen molar-refractivity contribution in [3.63, 3.8) is 0 Å². The zero-order valence-corrected chi connectivity index (χ0v) is 28.1. The number of likely N-dealkylation sites (tertiary alicyclic amines) is 1. The summed E-state index contributed by atoms with van der Waals surface area (Å²) < 4.78 is 37.2. The van der Waals surface area contributed by atoms with Crippen LogP contribution in [0.5, 0.6) is 0 Å². The first-order valence-corrected chi connectivity index (χ1v) is 16.7. The molecule has 0 aliphatic carbocycles. The normalized spacial score (nSPS) is 28.4. The Hall–Kier alpha value is -2.60. The van der Waals surface area contributed by atoms with E-state index in [0.29, 0.717) is 0 Å². The van der Waals surface area contributed by atoms with Gasteiger partial charge < -0.3 is 28.1 Å². The van der Waals surface area contributed by atoms with Gasteiger partial charge in [0, 0.05) is 33.3 Å².